The van der Waals surface area contributed by atoms with Crippen molar-refractivity contribution in [3.8, 4) is 0 Å². The summed E-state index contributed by atoms with van der Waals surface area (Å²) < 4.78 is 5.66. The lowest BCUT2D eigenvalue weighted by Crippen LogP contribution is -2.35. The summed E-state index contributed by atoms with van der Waals surface area (Å²) in [6.07, 6.45) is 3.68. The lowest BCUT2D eigenvalue weighted by Gasteiger charge is -2.20. The van der Waals surface area contributed by atoms with Gasteiger partial charge in [-0.3, -0.25) is 0 Å². The van der Waals surface area contributed by atoms with Crippen LogP contribution in [-0.2, 0) is 17.9 Å². The van der Waals surface area contributed by atoms with Crippen LogP contribution in [0.1, 0.15) is 58.1 Å². The van der Waals surface area contributed by atoms with Gasteiger partial charge in [0.25, 0.3) is 0 Å². The Morgan fingerprint density at radius 2 is 1.63 bits per heavy atom. The zero-order valence-corrected chi connectivity index (χ0v) is 13.0. The van der Waals surface area contributed by atoms with Crippen LogP contribution in [0.4, 0.5) is 0 Å². The zero-order valence-electron chi connectivity index (χ0n) is 13.0. The van der Waals surface area contributed by atoms with Gasteiger partial charge in [-0.15, -0.1) is 0 Å². The molecule has 0 atom stereocenters. The molecule has 0 aromatic heterocycles. The van der Waals surface area contributed by atoms with Crippen LogP contribution in [0.25, 0.3) is 0 Å². The van der Waals surface area contributed by atoms with Gasteiger partial charge < -0.3 is 10.1 Å². The topological polar surface area (TPSA) is 21.3 Å². The highest BCUT2D eigenvalue weighted by Gasteiger charge is 2.07. The van der Waals surface area contributed by atoms with Gasteiger partial charge in [-0.25, -0.2) is 0 Å². The number of hydrogen-bond donors (Lipinski definition) is 1. The van der Waals surface area contributed by atoms with Gasteiger partial charge in [-0.1, -0.05) is 44.0 Å². The van der Waals surface area contributed by atoms with Crippen molar-refractivity contribution in [1.82, 2.24) is 5.32 Å². The fourth-order valence-electron chi connectivity index (χ4n) is 1.76. The normalized spacial score (nSPS) is 11.8. The quantitative estimate of drug-likeness (QED) is 0.707. The first kappa shape index (κ1) is 16.2. The SMILES string of the molecule is CCCCCOCc1ccc(CNC(C)(C)C)cc1. The second kappa shape index (κ2) is 8.34. The smallest absolute Gasteiger partial charge is 0.0716 e. The maximum atomic E-state index is 5.66. The predicted molar refractivity (Wildman–Crippen MR) is 82.2 cm³/mol. The van der Waals surface area contributed by atoms with Crippen molar-refractivity contribution >= 4 is 0 Å². The lowest BCUT2D eigenvalue weighted by molar-refractivity contribution is 0.117. The predicted octanol–water partition coefficient (Wildman–Crippen LogP) is 4.28. The fraction of sp³-hybridized carbons (Fsp3) is 0.647. The second-order valence-electron chi connectivity index (χ2n) is 6.18. The minimum Gasteiger partial charge on any atom is -0.377 e. The highest BCUT2D eigenvalue weighted by atomic mass is 16.5. The van der Waals surface area contributed by atoms with Gasteiger partial charge in [0, 0.05) is 18.7 Å². The first-order chi connectivity index (χ1) is 9.01. The lowest BCUT2D eigenvalue weighted by atomic mass is 10.1. The van der Waals surface area contributed by atoms with Crippen molar-refractivity contribution in [1.29, 1.82) is 0 Å². The molecule has 0 saturated carbocycles. The molecule has 2 nitrogen and oxygen atoms in total. The zero-order chi connectivity index (χ0) is 14.1. The van der Waals surface area contributed by atoms with Crippen LogP contribution in [0, 0.1) is 0 Å². The molecule has 0 aliphatic carbocycles. The highest BCUT2D eigenvalue weighted by molar-refractivity contribution is 5.22. The number of unbranched alkanes of at least 4 members (excludes halogenated alkanes) is 2. The van der Waals surface area contributed by atoms with Crippen molar-refractivity contribution in [3.63, 3.8) is 0 Å². The van der Waals surface area contributed by atoms with Gasteiger partial charge in [0.15, 0.2) is 0 Å². The molecule has 108 valence electrons. The molecule has 1 aromatic rings. The monoisotopic (exact) mass is 263 g/mol. The summed E-state index contributed by atoms with van der Waals surface area (Å²) in [6, 6.07) is 8.70. The summed E-state index contributed by atoms with van der Waals surface area (Å²) in [7, 11) is 0. The average Bonchev–Trinajstić information content (AvgIpc) is 2.37. The van der Waals surface area contributed by atoms with E-state index >= 15 is 0 Å². The average molecular weight is 263 g/mol. The minimum atomic E-state index is 0.168. The summed E-state index contributed by atoms with van der Waals surface area (Å²) in [5.74, 6) is 0. The summed E-state index contributed by atoms with van der Waals surface area (Å²) in [5, 5.41) is 3.49. The van der Waals surface area contributed by atoms with Crippen LogP contribution in [-0.4, -0.2) is 12.1 Å². The Morgan fingerprint density at radius 1 is 1.00 bits per heavy atom. The molecule has 0 aliphatic rings. The third-order valence-electron chi connectivity index (χ3n) is 3.01. The van der Waals surface area contributed by atoms with E-state index in [0.29, 0.717) is 0 Å². The maximum Gasteiger partial charge on any atom is 0.0716 e. The Hall–Kier alpha value is -0.860. The molecule has 0 spiro atoms. The van der Waals surface area contributed by atoms with Gasteiger partial charge in [0.2, 0.25) is 0 Å². The Kier molecular flexibility index (Phi) is 7.11. The van der Waals surface area contributed by atoms with Gasteiger partial charge in [-0.05, 0) is 38.3 Å². The number of rotatable bonds is 8. The van der Waals surface area contributed by atoms with Gasteiger partial charge in [0.05, 0.1) is 6.61 Å². The number of ether oxygens (including phenoxy) is 1. The minimum absolute atomic E-state index is 0.168. The summed E-state index contributed by atoms with van der Waals surface area (Å²) in [4.78, 5) is 0. The molecule has 0 bridgehead atoms. The molecule has 0 fully saturated rings. The molecular formula is C17H29NO. The molecule has 1 N–H and O–H groups in total. The molecule has 0 aliphatic heterocycles. The van der Waals surface area contributed by atoms with Crippen molar-refractivity contribution < 1.29 is 4.74 Å². The molecule has 0 saturated heterocycles. The van der Waals surface area contributed by atoms with Crippen molar-refractivity contribution in [2.24, 2.45) is 0 Å². The molecule has 0 radical (unpaired) electrons. The van der Waals surface area contributed by atoms with Crippen molar-refractivity contribution in [3.05, 3.63) is 35.4 Å². The van der Waals surface area contributed by atoms with Crippen molar-refractivity contribution in [2.75, 3.05) is 6.61 Å². The molecule has 1 rings (SSSR count). The van der Waals surface area contributed by atoms with E-state index in [1.54, 1.807) is 0 Å². The molecule has 1 aromatic carbocycles. The Bertz CT molecular complexity index is 337. The number of benzene rings is 1. The van der Waals surface area contributed by atoms with Crippen LogP contribution in [0.3, 0.4) is 0 Å². The van der Waals surface area contributed by atoms with E-state index in [4.69, 9.17) is 4.74 Å². The van der Waals surface area contributed by atoms with Gasteiger partial charge in [-0.2, -0.15) is 0 Å². The van der Waals surface area contributed by atoms with Crippen LogP contribution in [0.5, 0.6) is 0 Å². The fourth-order valence-corrected chi connectivity index (χ4v) is 1.76. The van der Waals surface area contributed by atoms with Crippen LogP contribution >= 0.6 is 0 Å². The van der Waals surface area contributed by atoms with Crippen LogP contribution < -0.4 is 5.32 Å². The maximum absolute atomic E-state index is 5.66. The summed E-state index contributed by atoms with van der Waals surface area (Å²) in [5.41, 5.74) is 2.75. The molecule has 2 heteroatoms. The third-order valence-corrected chi connectivity index (χ3v) is 3.01. The largest absolute Gasteiger partial charge is 0.377 e. The molecule has 0 unspecified atom stereocenters. The Balaban J connectivity index is 2.27. The van der Waals surface area contributed by atoms with Crippen LogP contribution in [0.15, 0.2) is 24.3 Å². The van der Waals surface area contributed by atoms with E-state index in [2.05, 4.69) is 57.3 Å². The molecule has 0 amide bonds. The van der Waals surface area contributed by atoms with Crippen molar-refractivity contribution in [2.45, 2.75) is 65.6 Å². The summed E-state index contributed by atoms with van der Waals surface area (Å²) >= 11 is 0. The third kappa shape index (κ3) is 8.02. The van der Waals surface area contributed by atoms with E-state index in [1.807, 2.05) is 0 Å². The van der Waals surface area contributed by atoms with Gasteiger partial charge >= 0.3 is 0 Å². The number of nitrogens with one attached hydrogen (secondary N) is 1. The molecule has 0 heterocycles. The Morgan fingerprint density at radius 3 is 2.21 bits per heavy atom. The van der Waals surface area contributed by atoms with E-state index in [9.17, 15) is 0 Å². The molecular weight excluding hydrogens is 234 g/mol. The van der Waals surface area contributed by atoms with E-state index < -0.39 is 0 Å². The standard InChI is InChI=1S/C17H29NO/c1-5-6-7-12-19-14-16-10-8-15(9-11-16)13-18-17(2,3)4/h8-11,18H,5-7,12-14H2,1-4H3. The van der Waals surface area contributed by atoms with E-state index in [-0.39, 0.29) is 5.54 Å². The highest BCUT2D eigenvalue weighted by Crippen LogP contribution is 2.08. The second-order valence-corrected chi connectivity index (χ2v) is 6.18. The first-order valence-corrected chi connectivity index (χ1v) is 7.42. The molecule has 19 heavy (non-hydrogen) atoms. The number of hydrogen-bond acceptors (Lipinski definition) is 2. The van der Waals surface area contributed by atoms with Crippen LogP contribution in [0.2, 0.25) is 0 Å². The van der Waals surface area contributed by atoms with E-state index in [1.165, 1.54) is 30.4 Å². The first-order valence-electron chi connectivity index (χ1n) is 7.42. The Labute approximate surface area is 118 Å². The van der Waals surface area contributed by atoms with E-state index in [0.717, 1.165) is 19.8 Å². The summed E-state index contributed by atoms with van der Waals surface area (Å²) in [6.45, 7) is 11.3. The van der Waals surface area contributed by atoms with Gasteiger partial charge in [0.1, 0.15) is 0 Å².